The van der Waals surface area contributed by atoms with Crippen molar-refractivity contribution in [1.82, 2.24) is 15.6 Å². The van der Waals surface area contributed by atoms with Gasteiger partial charge in [-0.25, -0.2) is 9.98 Å². The molecule has 0 aromatic carbocycles. The van der Waals surface area contributed by atoms with Crippen LogP contribution in [0.2, 0.25) is 0 Å². The van der Waals surface area contributed by atoms with Crippen LogP contribution in [0.25, 0.3) is 0 Å². The minimum absolute atomic E-state index is 0. The molecule has 0 radical (unpaired) electrons. The van der Waals surface area contributed by atoms with Crippen molar-refractivity contribution in [2.75, 3.05) is 38.2 Å². The molecule has 1 aliphatic rings. The molecule has 1 aliphatic heterocycles. The van der Waals surface area contributed by atoms with Crippen molar-refractivity contribution in [2.24, 2.45) is 4.99 Å². The summed E-state index contributed by atoms with van der Waals surface area (Å²) in [7, 11) is 1.72. The summed E-state index contributed by atoms with van der Waals surface area (Å²) in [5.41, 5.74) is 0.950. The highest BCUT2D eigenvalue weighted by Gasteiger charge is 2.16. The average molecular weight is 461 g/mol. The lowest BCUT2D eigenvalue weighted by Gasteiger charge is -2.24. The van der Waals surface area contributed by atoms with Gasteiger partial charge < -0.3 is 20.3 Å². The molecule has 142 valence electrons. The third-order valence-corrected chi connectivity index (χ3v) is 4.24. The fourth-order valence-corrected chi connectivity index (χ4v) is 2.56. The first-order valence-electron chi connectivity index (χ1n) is 8.81. The van der Waals surface area contributed by atoms with E-state index >= 15 is 0 Å². The van der Waals surface area contributed by atoms with Crippen molar-refractivity contribution in [3.05, 3.63) is 23.9 Å². The van der Waals surface area contributed by atoms with Gasteiger partial charge in [0, 0.05) is 39.5 Å². The monoisotopic (exact) mass is 461 g/mol. The number of methoxy groups -OCH3 is 1. The summed E-state index contributed by atoms with van der Waals surface area (Å²) in [4.78, 5) is 11.5. The van der Waals surface area contributed by atoms with Gasteiger partial charge in [0.1, 0.15) is 5.82 Å². The van der Waals surface area contributed by atoms with Gasteiger partial charge in [-0.2, -0.15) is 0 Å². The van der Waals surface area contributed by atoms with E-state index in [2.05, 4.69) is 52.3 Å². The van der Waals surface area contributed by atoms with Gasteiger partial charge in [0.15, 0.2) is 5.96 Å². The number of aromatic nitrogens is 1. The Morgan fingerprint density at radius 1 is 1.32 bits per heavy atom. The molecule has 0 spiro atoms. The van der Waals surface area contributed by atoms with E-state index in [1.807, 2.05) is 12.3 Å². The second kappa shape index (κ2) is 10.8. The van der Waals surface area contributed by atoms with Crippen LogP contribution in [0.3, 0.4) is 0 Å². The van der Waals surface area contributed by atoms with Gasteiger partial charge in [-0.15, -0.1) is 24.0 Å². The molecular weight excluding hydrogens is 429 g/mol. The van der Waals surface area contributed by atoms with Crippen molar-refractivity contribution in [1.29, 1.82) is 0 Å². The Morgan fingerprint density at radius 2 is 2.04 bits per heavy atom. The van der Waals surface area contributed by atoms with E-state index in [-0.39, 0.29) is 29.6 Å². The van der Waals surface area contributed by atoms with Crippen LogP contribution in [0.15, 0.2) is 23.3 Å². The number of ether oxygens (including phenoxy) is 1. The summed E-state index contributed by atoms with van der Waals surface area (Å²) >= 11 is 0. The number of guanidine groups is 1. The number of anilines is 1. The van der Waals surface area contributed by atoms with Crippen LogP contribution in [-0.2, 0) is 11.3 Å². The zero-order valence-electron chi connectivity index (χ0n) is 15.8. The normalized spacial score (nSPS) is 15.0. The van der Waals surface area contributed by atoms with E-state index in [1.165, 1.54) is 18.4 Å². The highest BCUT2D eigenvalue weighted by atomic mass is 127. The summed E-state index contributed by atoms with van der Waals surface area (Å²) in [6, 6.07) is 4.18. The molecule has 7 heteroatoms. The summed E-state index contributed by atoms with van der Waals surface area (Å²) in [5, 5.41) is 6.62. The Bertz CT molecular complexity index is 544. The molecule has 0 amide bonds. The zero-order chi connectivity index (χ0) is 17.4. The lowest BCUT2D eigenvalue weighted by Crippen LogP contribution is -2.45. The summed E-state index contributed by atoms with van der Waals surface area (Å²) in [5.74, 6) is 1.88. The fraction of sp³-hybridized carbons (Fsp3) is 0.667. The third-order valence-electron chi connectivity index (χ3n) is 4.24. The summed E-state index contributed by atoms with van der Waals surface area (Å²) in [6.07, 6.45) is 4.40. The number of nitrogens with one attached hydrogen (secondary N) is 2. The molecule has 0 unspecified atom stereocenters. The first-order valence-corrected chi connectivity index (χ1v) is 8.81. The largest absolute Gasteiger partial charge is 0.377 e. The maximum atomic E-state index is 5.44. The molecular formula is C18H32IN5O. The van der Waals surface area contributed by atoms with Gasteiger partial charge in [-0.1, -0.05) is 0 Å². The molecule has 2 heterocycles. The van der Waals surface area contributed by atoms with Gasteiger partial charge in [0.05, 0.1) is 12.1 Å². The first-order chi connectivity index (χ1) is 11.5. The number of nitrogens with zero attached hydrogens (tertiary/aromatic N) is 3. The Morgan fingerprint density at radius 3 is 2.68 bits per heavy atom. The molecule has 6 nitrogen and oxygen atoms in total. The van der Waals surface area contributed by atoms with Crippen molar-refractivity contribution < 1.29 is 4.74 Å². The Kier molecular flexibility index (Phi) is 9.48. The number of hydrogen-bond acceptors (Lipinski definition) is 4. The molecule has 25 heavy (non-hydrogen) atoms. The maximum Gasteiger partial charge on any atom is 0.191 e. The molecule has 0 bridgehead atoms. The highest BCUT2D eigenvalue weighted by molar-refractivity contribution is 14.0. The Balaban J connectivity index is 0.00000312. The topological polar surface area (TPSA) is 61.8 Å². The molecule has 1 aromatic heterocycles. The van der Waals surface area contributed by atoms with Crippen molar-refractivity contribution in [3.63, 3.8) is 0 Å². The number of hydrogen-bond donors (Lipinski definition) is 2. The quantitative estimate of drug-likeness (QED) is 0.372. The first kappa shape index (κ1) is 22.0. The van der Waals surface area contributed by atoms with Crippen LogP contribution in [-0.4, -0.2) is 49.8 Å². The second-order valence-electron chi connectivity index (χ2n) is 6.73. The predicted octanol–water partition coefficient (Wildman–Crippen LogP) is 2.78. The van der Waals surface area contributed by atoms with E-state index in [1.54, 1.807) is 7.11 Å². The van der Waals surface area contributed by atoms with E-state index in [0.717, 1.165) is 31.4 Å². The lowest BCUT2D eigenvalue weighted by atomic mass is 10.1. The third kappa shape index (κ3) is 7.35. The SMILES string of the molecule is CCNC(=NCc1ccnc(N2CCCC2)c1)NCC(C)(C)OC.I. The molecule has 2 rings (SSSR count). The van der Waals surface area contributed by atoms with E-state index in [4.69, 9.17) is 4.74 Å². The fourth-order valence-electron chi connectivity index (χ4n) is 2.56. The number of pyridine rings is 1. The number of rotatable bonds is 7. The second-order valence-corrected chi connectivity index (χ2v) is 6.73. The molecule has 1 aromatic rings. The van der Waals surface area contributed by atoms with Gasteiger partial charge in [0.25, 0.3) is 0 Å². The van der Waals surface area contributed by atoms with Crippen LogP contribution in [0.4, 0.5) is 5.82 Å². The van der Waals surface area contributed by atoms with Crippen molar-refractivity contribution in [3.8, 4) is 0 Å². The molecule has 0 saturated carbocycles. The molecule has 0 aliphatic carbocycles. The molecule has 1 saturated heterocycles. The Hall–Kier alpha value is -1.09. The van der Waals surface area contributed by atoms with Crippen LogP contribution in [0.5, 0.6) is 0 Å². The van der Waals surface area contributed by atoms with E-state index in [0.29, 0.717) is 13.1 Å². The van der Waals surface area contributed by atoms with Gasteiger partial charge in [0.2, 0.25) is 0 Å². The molecule has 2 N–H and O–H groups in total. The minimum Gasteiger partial charge on any atom is -0.377 e. The van der Waals surface area contributed by atoms with Crippen molar-refractivity contribution in [2.45, 2.75) is 45.8 Å². The van der Waals surface area contributed by atoms with E-state index < -0.39 is 0 Å². The lowest BCUT2D eigenvalue weighted by molar-refractivity contribution is 0.0268. The van der Waals surface area contributed by atoms with Gasteiger partial charge >= 0.3 is 0 Å². The maximum absolute atomic E-state index is 5.44. The minimum atomic E-state index is -0.226. The van der Waals surface area contributed by atoms with Gasteiger partial charge in [-0.3, -0.25) is 0 Å². The molecule has 1 fully saturated rings. The van der Waals surface area contributed by atoms with Crippen LogP contribution in [0.1, 0.15) is 39.2 Å². The Labute approximate surface area is 168 Å². The van der Waals surface area contributed by atoms with Crippen LogP contribution >= 0.6 is 24.0 Å². The predicted molar refractivity (Wildman–Crippen MR) is 115 cm³/mol. The van der Waals surface area contributed by atoms with E-state index in [9.17, 15) is 0 Å². The van der Waals surface area contributed by atoms with Crippen molar-refractivity contribution >= 4 is 35.8 Å². The average Bonchev–Trinajstić information content (AvgIpc) is 3.12. The smallest absolute Gasteiger partial charge is 0.191 e. The zero-order valence-corrected chi connectivity index (χ0v) is 18.2. The van der Waals surface area contributed by atoms with Gasteiger partial charge in [-0.05, 0) is 51.3 Å². The number of halogens is 1. The standard InChI is InChI=1S/C18H31N5O.HI/c1-5-19-17(22-14-18(2,3)24-4)21-13-15-8-9-20-16(12-15)23-10-6-7-11-23;/h8-9,12H,5-7,10-11,13-14H2,1-4H3,(H2,19,21,22);1H. The molecule has 0 atom stereocenters. The highest BCUT2D eigenvalue weighted by Crippen LogP contribution is 2.18. The summed E-state index contributed by atoms with van der Waals surface area (Å²) in [6.45, 7) is 10.5. The summed E-state index contributed by atoms with van der Waals surface area (Å²) < 4.78 is 5.44. The number of aliphatic imine (C=N–C) groups is 1. The van der Waals surface area contributed by atoms with Crippen LogP contribution < -0.4 is 15.5 Å². The van der Waals surface area contributed by atoms with Crippen LogP contribution in [0, 0.1) is 0 Å².